The van der Waals surface area contributed by atoms with E-state index in [1.54, 1.807) is 30.4 Å². The standard InChI is InChI=1S/C17H23N3O3S2/c1-12-5-6-15(19-13(2)21)9-17(12)25(22,23)18-10-16(20(3)4)14-7-8-24-11-14/h5-9,11,16,18H,10H2,1-4H3,(H,19,21). The summed E-state index contributed by atoms with van der Waals surface area (Å²) in [7, 11) is 0.138. The molecule has 0 aliphatic carbocycles. The van der Waals surface area contributed by atoms with E-state index in [2.05, 4.69) is 10.0 Å². The number of hydrogen-bond donors (Lipinski definition) is 2. The number of carbonyl (C=O) groups excluding carboxylic acids is 1. The lowest BCUT2D eigenvalue weighted by Crippen LogP contribution is -2.34. The molecule has 0 radical (unpaired) electrons. The molecule has 25 heavy (non-hydrogen) atoms. The zero-order valence-electron chi connectivity index (χ0n) is 14.7. The van der Waals surface area contributed by atoms with Gasteiger partial charge >= 0.3 is 0 Å². The zero-order chi connectivity index (χ0) is 18.6. The first-order valence-electron chi connectivity index (χ1n) is 7.77. The molecule has 1 unspecified atom stereocenters. The monoisotopic (exact) mass is 381 g/mol. The van der Waals surface area contributed by atoms with Crippen molar-refractivity contribution in [1.82, 2.24) is 9.62 Å². The number of benzene rings is 1. The van der Waals surface area contributed by atoms with E-state index in [9.17, 15) is 13.2 Å². The van der Waals surface area contributed by atoms with Crippen LogP contribution in [0.3, 0.4) is 0 Å². The van der Waals surface area contributed by atoms with Gasteiger partial charge in [-0.2, -0.15) is 11.3 Å². The third-order valence-electron chi connectivity index (χ3n) is 3.82. The summed E-state index contributed by atoms with van der Waals surface area (Å²) >= 11 is 1.58. The summed E-state index contributed by atoms with van der Waals surface area (Å²) in [5.74, 6) is -0.245. The van der Waals surface area contributed by atoms with Gasteiger partial charge in [0.1, 0.15) is 0 Å². The molecule has 2 aromatic rings. The average Bonchev–Trinajstić information content (AvgIpc) is 3.02. The molecule has 6 nitrogen and oxygen atoms in total. The molecule has 136 valence electrons. The quantitative estimate of drug-likeness (QED) is 0.773. The molecule has 0 aliphatic heterocycles. The highest BCUT2D eigenvalue weighted by Gasteiger charge is 2.21. The van der Waals surface area contributed by atoms with Crippen molar-refractivity contribution in [3.05, 3.63) is 46.2 Å². The SMILES string of the molecule is CC(=O)Nc1ccc(C)c(S(=O)(=O)NCC(c2ccsc2)N(C)C)c1. The van der Waals surface area contributed by atoms with Crippen LogP contribution in [0.1, 0.15) is 24.1 Å². The fraction of sp³-hybridized carbons (Fsp3) is 0.353. The smallest absolute Gasteiger partial charge is 0.240 e. The predicted octanol–water partition coefficient (Wildman–Crippen LogP) is 2.60. The molecule has 1 amide bonds. The van der Waals surface area contributed by atoms with E-state index >= 15 is 0 Å². The normalized spacial score (nSPS) is 13.0. The molecule has 1 heterocycles. The van der Waals surface area contributed by atoms with Crippen molar-refractivity contribution in [2.45, 2.75) is 24.8 Å². The third kappa shape index (κ3) is 5.12. The fourth-order valence-electron chi connectivity index (χ4n) is 2.50. The molecular formula is C17H23N3O3S2. The minimum atomic E-state index is -3.69. The number of thiophene rings is 1. The van der Waals surface area contributed by atoms with Gasteiger partial charge in [-0.25, -0.2) is 13.1 Å². The Bertz CT molecular complexity index is 831. The largest absolute Gasteiger partial charge is 0.326 e. The summed E-state index contributed by atoms with van der Waals surface area (Å²) in [5.41, 5.74) is 2.15. The molecule has 2 rings (SSSR count). The number of aryl methyl sites for hydroxylation is 1. The first-order valence-corrected chi connectivity index (χ1v) is 10.2. The van der Waals surface area contributed by atoms with E-state index in [1.165, 1.54) is 13.0 Å². The Morgan fingerprint density at radius 1 is 1.28 bits per heavy atom. The Hall–Kier alpha value is -1.74. The van der Waals surface area contributed by atoms with Crippen molar-refractivity contribution in [2.24, 2.45) is 0 Å². The van der Waals surface area contributed by atoms with Crippen molar-refractivity contribution in [1.29, 1.82) is 0 Å². The van der Waals surface area contributed by atoms with Crippen LogP contribution in [-0.2, 0) is 14.8 Å². The van der Waals surface area contributed by atoms with Gasteiger partial charge in [0.2, 0.25) is 15.9 Å². The predicted molar refractivity (Wildman–Crippen MR) is 101 cm³/mol. The lowest BCUT2D eigenvalue weighted by Gasteiger charge is -2.24. The Labute approximate surface area is 152 Å². The Kier molecular flexibility index (Phi) is 6.34. The maximum Gasteiger partial charge on any atom is 0.240 e. The Morgan fingerprint density at radius 2 is 2.00 bits per heavy atom. The van der Waals surface area contributed by atoms with Crippen LogP contribution in [0.15, 0.2) is 39.9 Å². The molecule has 0 saturated carbocycles. The Morgan fingerprint density at radius 3 is 2.56 bits per heavy atom. The molecule has 1 aromatic heterocycles. The van der Waals surface area contributed by atoms with Gasteiger partial charge in [0, 0.05) is 25.2 Å². The second kappa shape index (κ2) is 8.09. The number of likely N-dealkylation sites (N-methyl/N-ethyl adjacent to an activating group) is 1. The molecule has 1 atom stereocenters. The van der Waals surface area contributed by atoms with Crippen LogP contribution in [0.2, 0.25) is 0 Å². The van der Waals surface area contributed by atoms with Gasteiger partial charge in [-0.15, -0.1) is 0 Å². The molecule has 0 fully saturated rings. The van der Waals surface area contributed by atoms with Gasteiger partial charge in [0.25, 0.3) is 0 Å². The number of nitrogens with one attached hydrogen (secondary N) is 2. The highest BCUT2D eigenvalue weighted by atomic mass is 32.2. The van der Waals surface area contributed by atoms with Crippen LogP contribution in [0.5, 0.6) is 0 Å². The molecule has 2 N–H and O–H groups in total. The minimum absolute atomic E-state index is 0.0557. The second-order valence-corrected chi connectivity index (χ2v) is 8.56. The summed E-state index contributed by atoms with van der Waals surface area (Å²) in [6, 6.07) is 6.78. The van der Waals surface area contributed by atoms with Crippen LogP contribution in [0.4, 0.5) is 5.69 Å². The summed E-state index contributed by atoms with van der Waals surface area (Å²) in [6.45, 7) is 3.37. The van der Waals surface area contributed by atoms with E-state index < -0.39 is 10.0 Å². The maximum absolute atomic E-state index is 12.7. The lowest BCUT2D eigenvalue weighted by molar-refractivity contribution is -0.114. The molecular weight excluding hydrogens is 358 g/mol. The van der Waals surface area contributed by atoms with Crippen LogP contribution in [0.25, 0.3) is 0 Å². The molecule has 0 spiro atoms. The molecule has 0 saturated heterocycles. The van der Waals surface area contributed by atoms with Crippen molar-refractivity contribution in [3.63, 3.8) is 0 Å². The third-order valence-corrected chi connectivity index (χ3v) is 6.08. The minimum Gasteiger partial charge on any atom is -0.326 e. The summed E-state index contributed by atoms with van der Waals surface area (Å²) in [4.78, 5) is 13.3. The number of hydrogen-bond acceptors (Lipinski definition) is 5. The van der Waals surface area contributed by atoms with Crippen LogP contribution >= 0.6 is 11.3 Å². The van der Waals surface area contributed by atoms with E-state index in [4.69, 9.17) is 0 Å². The van der Waals surface area contributed by atoms with Crippen LogP contribution in [-0.4, -0.2) is 39.9 Å². The van der Waals surface area contributed by atoms with Crippen molar-refractivity contribution < 1.29 is 13.2 Å². The number of rotatable bonds is 7. The van der Waals surface area contributed by atoms with Crippen LogP contribution in [0, 0.1) is 6.92 Å². The molecule has 1 aromatic carbocycles. The van der Waals surface area contributed by atoms with Gasteiger partial charge in [0.15, 0.2) is 0 Å². The van der Waals surface area contributed by atoms with Crippen molar-refractivity contribution >= 4 is 33.0 Å². The van der Waals surface area contributed by atoms with Gasteiger partial charge < -0.3 is 10.2 Å². The average molecular weight is 382 g/mol. The lowest BCUT2D eigenvalue weighted by atomic mass is 10.1. The maximum atomic E-state index is 12.7. The van der Waals surface area contributed by atoms with Crippen LogP contribution < -0.4 is 10.0 Å². The first kappa shape index (κ1) is 19.6. The number of amides is 1. The number of anilines is 1. The van der Waals surface area contributed by atoms with E-state index in [1.807, 2.05) is 35.8 Å². The molecule has 0 bridgehead atoms. The Balaban J connectivity index is 2.22. The van der Waals surface area contributed by atoms with E-state index in [-0.39, 0.29) is 23.4 Å². The van der Waals surface area contributed by atoms with Gasteiger partial charge in [-0.3, -0.25) is 4.79 Å². The first-order chi connectivity index (χ1) is 11.7. The highest BCUT2D eigenvalue weighted by Crippen LogP contribution is 2.23. The van der Waals surface area contributed by atoms with E-state index in [0.29, 0.717) is 11.3 Å². The summed E-state index contributed by atoms with van der Waals surface area (Å²) < 4.78 is 28.2. The van der Waals surface area contributed by atoms with E-state index in [0.717, 1.165) is 5.56 Å². The van der Waals surface area contributed by atoms with Gasteiger partial charge in [0.05, 0.1) is 4.90 Å². The fourth-order valence-corrected chi connectivity index (χ4v) is 4.51. The molecule has 8 heteroatoms. The molecule has 0 aliphatic rings. The highest BCUT2D eigenvalue weighted by molar-refractivity contribution is 7.89. The van der Waals surface area contributed by atoms with Gasteiger partial charge in [-0.1, -0.05) is 6.07 Å². The summed E-state index contributed by atoms with van der Waals surface area (Å²) in [6.07, 6.45) is 0. The topological polar surface area (TPSA) is 78.5 Å². The second-order valence-electron chi connectivity index (χ2n) is 6.05. The van der Waals surface area contributed by atoms with Gasteiger partial charge in [-0.05, 0) is 61.1 Å². The van der Waals surface area contributed by atoms with Crippen molar-refractivity contribution in [2.75, 3.05) is 26.0 Å². The number of nitrogens with zero attached hydrogens (tertiary/aromatic N) is 1. The summed E-state index contributed by atoms with van der Waals surface area (Å²) in [5, 5.41) is 6.60. The zero-order valence-corrected chi connectivity index (χ0v) is 16.4. The number of sulfonamides is 1. The van der Waals surface area contributed by atoms with Crippen molar-refractivity contribution in [3.8, 4) is 0 Å². The number of carbonyl (C=O) groups is 1.